The maximum atomic E-state index is 13.0. The number of aromatic nitrogens is 2. The second-order valence-electron chi connectivity index (χ2n) is 7.40. The Morgan fingerprint density at radius 1 is 0.968 bits per heavy atom. The van der Waals surface area contributed by atoms with Crippen LogP contribution in [0, 0.1) is 5.82 Å². The number of hydrogen-bond acceptors (Lipinski definition) is 5. The fraction of sp³-hybridized carbons (Fsp3) is 0.273. The van der Waals surface area contributed by atoms with Crippen LogP contribution in [0.2, 0.25) is 0 Å². The first-order valence-electron chi connectivity index (χ1n) is 10.00. The van der Waals surface area contributed by atoms with Crippen molar-refractivity contribution in [1.29, 1.82) is 0 Å². The lowest BCUT2D eigenvalue weighted by atomic mass is 10.2. The number of fused-ring (bicyclic) bond motifs is 1. The molecule has 1 saturated heterocycles. The average Bonchev–Trinajstić information content (AvgIpc) is 2.78. The quantitative estimate of drug-likeness (QED) is 0.669. The van der Waals surface area contributed by atoms with E-state index >= 15 is 0 Å². The minimum Gasteiger partial charge on any atom is -0.339 e. The summed E-state index contributed by atoms with van der Waals surface area (Å²) in [6, 6.07) is 12.7. The fourth-order valence-electron chi connectivity index (χ4n) is 3.61. The summed E-state index contributed by atoms with van der Waals surface area (Å²) in [5.41, 5.74) is 0.993. The zero-order valence-electron chi connectivity index (χ0n) is 16.8. The van der Waals surface area contributed by atoms with Crippen molar-refractivity contribution >= 4 is 28.4 Å². The zero-order chi connectivity index (χ0) is 21.8. The van der Waals surface area contributed by atoms with E-state index in [9.17, 15) is 18.8 Å². The van der Waals surface area contributed by atoms with E-state index < -0.39 is 0 Å². The van der Waals surface area contributed by atoms with Crippen molar-refractivity contribution in [2.75, 3.05) is 38.0 Å². The summed E-state index contributed by atoms with van der Waals surface area (Å²) in [5, 5.41) is 7.38. The molecule has 8 nitrogen and oxygen atoms in total. The molecule has 4 rings (SSSR count). The van der Waals surface area contributed by atoms with E-state index in [0.717, 1.165) is 0 Å². The number of amides is 2. The number of nitrogens with zero attached hydrogens (tertiary/aromatic N) is 4. The van der Waals surface area contributed by atoms with E-state index in [1.54, 1.807) is 33.8 Å². The van der Waals surface area contributed by atoms with E-state index in [4.69, 9.17) is 0 Å². The summed E-state index contributed by atoms with van der Waals surface area (Å²) >= 11 is 0. The summed E-state index contributed by atoms with van der Waals surface area (Å²) in [5.74, 6) is -0.629. The van der Waals surface area contributed by atoms with Gasteiger partial charge in [-0.05, 0) is 36.4 Å². The van der Waals surface area contributed by atoms with Gasteiger partial charge in [0.25, 0.3) is 0 Å². The Kier molecular flexibility index (Phi) is 6.03. The Morgan fingerprint density at radius 2 is 1.68 bits per heavy atom. The highest BCUT2D eigenvalue weighted by molar-refractivity contribution is 5.92. The predicted molar refractivity (Wildman–Crippen MR) is 114 cm³/mol. The molecule has 9 heteroatoms. The Morgan fingerprint density at radius 3 is 2.42 bits per heavy atom. The molecular weight excluding hydrogens is 401 g/mol. The van der Waals surface area contributed by atoms with Crippen molar-refractivity contribution in [1.82, 2.24) is 19.6 Å². The fourth-order valence-corrected chi connectivity index (χ4v) is 3.61. The molecule has 1 aliphatic heterocycles. The van der Waals surface area contributed by atoms with E-state index in [2.05, 4.69) is 10.4 Å². The zero-order valence-corrected chi connectivity index (χ0v) is 16.8. The molecule has 0 bridgehead atoms. The largest absolute Gasteiger partial charge is 0.339 e. The third-order valence-corrected chi connectivity index (χ3v) is 5.27. The molecule has 0 unspecified atom stereocenters. The Hall–Kier alpha value is -3.59. The number of piperazine rings is 1. The van der Waals surface area contributed by atoms with Crippen molar-refractivity contribution in [2.45, 2.75) is 6.54 Å². The second-order valence-corrected chi connectivity index (χ2v) is 7.40. The average molecular weight is 423 g/mol. The molecule has 0 atom stereocenters. The van der Waals surface area contributed by atoms with Crippen LogP contribution in [0.4, 0.5) is 10.1 Å². The molecule has 0 spiro atoms. The van der Waals surface area contributed by atoms with Crippen LogP contribution < -0.4 is 10.7 Å². The summed E-state index contributed by atoms with van der Waals surface area (Å²) in [6.07, 6.45) is 1.23. The highest BCUT2D eigenvalue weighted by atomic mass is 19.1. The summed E-state index contributed by atoms with van der Waals surface area (Å²) in [7, 11) is 0. The van der Waals surface area contributed by atoms with Crippen LogP contribution in [-0.2, 0) is 16.1 Å². The van der Waals surface area contributed by atoms with Gasteiger partial charge in [0, 0.05) is 37.3 Å². The smallest absolute Gasteiger partial charge is 0.244 e. The van der Waals surface area contributed by atoms with Gasteiger partial charge in [-0.1, -0.05) is 12.1 Å². The lowest BCUT2D eigenvalue weighted by Crippen LogP contribution is -2.51. The first kappa shape index (κ1) is 20.7. The Balaban J connectivity index is 1.30. The molecular formula is C22H22FN5O3. The number of carbonyl (C=O) groups excluding carboxylic acids is 2. The molecule has 31 heavy (non-hydrogen) atoms. The number of anilines is 1. The summed E-state index contributed by atoms with van der Waals surface area (Å²) < 4.78 is 14.5. The van der Waals surface area contributed by atoms with Gasteiger partial charge < -0.3 is 10.2 Å². The van der Waals surface area contributed by atoms with Gasteiger partial charge in [-0.15, -0.1) is 0 Å². The molecule has 1 fully saturated rings. The number of para-hydroxylation sites is 1. The monoisotopic (exact) mass is 423 g/mol. The van der Waals surface area contributed by atoms with Crippen LogP contribution in [-0.4, -0.2) is 64.1 Å². The Bertz CT molecular complexity index is 1150. The first-order chi connectivity index (χ1) is 15.0. The van der Waals surface area contributed by atoms with E-state index in [-0.39, 0.29) is 36.1 Å². The van der Waals surface area contributed by atoms with Crippen LogP contribution in [0.25, 0.3) is 10.9 Å². The van der Waals surface area contributed by atoms with Gasteiger partial charge in [0.05, 0.1) is 18.3 Å². The van der Waals surface area contributed by atoms with Gasteiger partial charge in [0.2, 0.25) is 17.2 Å². The third-order valence-electron chi connectivity index (χ3n) is 5.27. The number of halogens is 1. The van der Waals surface area contributed by atoms with Crippen molar-refractivity contribution in [3.8, 4) is 0 Å². The first-order valence-corrected chi connectivity index (χ1v) is 10.00. The minimum atomic E-state index is -0.357. The van der Waals surface area contributed by atoms with Gasteiger partial charge in [0.15, 0.2) is 0 Å². The molecule has 2 aromatic carbocycles. The predicted octanol–water partition coefficient (Wildman–Crippen LogP) is 1.32. The van der Waals surface area contributed by atoms with Crippen molar-refractivity contribution in [3.05, 3.63) is 70.8 Å². The minimum absolute atomic E-state index is 0.0475. The third kappa shape index (κ3) is 4.95. The van der Waals surface area contributed by atoms with Crippen LogP contribution in [0.3, 0.4) is 0 Å². The summed E-state index contributed by atoms with van der Waals surface area (Å²) in [4.78, 5) is 40.6. The molecule has 1 N–H and O–H groups in total. The molecule has 1 aliphatic rings. The molecule has 0 aliphatic carbocycles. The van der Waals surface area contributed by atoms with Crippen LogP contribution in [0.1, 0.15) is 0 Å². The number of nitrogens with one attached hydrogen (secondary N) is 1. The lowest BCUT2D eigenvalue weighted by Gasteiger charge is -2.34. The van der Waals surface area contributed by atoms with Gasteiger partial charge in [0.1, 0.15) is 12.4 Å². The van der Waals surface area contributed by atoms with Crippen molar-refractivity contribution in [3.63, 3.8) is 0 Å². The van der Waals surface area contributed by atoms with E-state index in [1.807, 2.05) is 4.90 Å². The topological polar surface area (TPSA) is 87.5 Å². The Labute approximate surface area is 177 Å². The van der Waals surface area contributed by atoms with Gasteiger partial charge >= 0.3 is 0 Å². The normalized spacial score (nSPS) is 14.5. The lowest BCUT2D eigenvalue weighted by molar-refractivity contribution is -0.133. The highest BCUT2D eigenvalue weighted by Gasteiger charge is 2.23. The van der Waals surface area contributed by atoms with Crippen molar-refractivity contribution in [2.24, 2.45) is 0 Å². The molecule has 3 aromatic rings. The molecule has 1 aromatic heterocycles. The molecule has 0 saturated carbocycles. The van der Waals surface area contributed by atoms with E-state index in [1.165, 1.54) is 30.5 Å². The van der Waals surface area contributed by atoms with Gasteiger partial charge in [-0.3, -0.25) is 24.0 Å². The van der Waals surface area contributed by atoms with Crippen LogP contribution >= 0.6 is 0 Å². The van der Waals surface area contributed by atoms with Crippen LogP contribution in [0.15, 0.2) is 59.5 Å². The van der Waals surface area contributed by atoms with E-state index in [0.29, 0.717) is 42.8 Å². The standard InChI is InChI=1S/C22H22FN5O3/c23-16-5-7-17(8-6-16)25-21(30)14-26-9-11-27(12-10-26)22(31)15-28-19-4-2-1-3-18(19)20(29)13-24-28/h1-8,13H,9-12,14-15H2,(H,25,30). The SMILES string of the molecule is O=C(CN1CCN(C(=O)Cn2ncc(=O)c3ccccc32)CC1)Nc1ccc(F)cc1. The molecule has 2 amide bonds. The van der Waals surface area contributed by atoms with Gasteiger partial charge in [-0.25, -0.2) is 4.39 Å². The number of rotatable bonds is 5. The maximum absolute atomic E-state index is 13.0. The number of hydrogen-bond donors (Lipinski definition) is 1. The van der Waals surface area contributed by atoms with Crippen LogP contribution in [0.5, 0.6) is 0 Å². The summed E-state index contributed by atoms with van der Waals surface area (Å²) in [6.45, 7) is 2.39. The molecule has 0 radical (unpaired) electrons. The number of carbonyl (C=O) groups is 2. The van der Waals surface area contributed by atoms with Crippen molar-refractivity contribution < 1.29 is 14.0 Å². The van der Waals surface area contributed by atoms with Gasteiger partial charge in [-0.2, -0.15) is 5.10 Å². The molecule has 160 valence electrons. The highest BCUT2D eigenvalue weighted by Crippen LogP contribution is 2.11. The maximum Gasteiger partial charge on any atom is 0.244 e. The molecule has 2 heterocycles. The second kappa shape index (κ2) is 9.05. The number of benzene rings is 2.